The third kappa shape index (κ3) is 2.50. The Hall–Kier alpha value is -1.03. The second-order valence-corrected chi connectivity index (χ2v) is 6.31. The molecule has 2 nitrogen and oxygen atoms in total. The number of hydrogen-bond acceptors (Lipinski definition) is 2. The molecular formula is C14H11Cl2NOS. The van der Waals surface area contributed by atoms with Gasteiger partial charge in [0.15, 0.2) is 0 Å². The van der Waals surface area contributed by atoms with E-state index in [0.717, 1.165) is 13.0 Å². The summed E-state index contributed by atoms with van der Waals surface area (Å²) in [4.78, 5) is 15.7. The van der Waals surface area contributed by atoms with Gasteiger partial charge in [-0.3, -0.25) is 4.79 Å². The van der Waals surface area contributed by atoms with Crippen molar-refractivity contribution in [2.45, 2.75) is 13.0 Å². The molecule has 19 heavy (non-hydrogen) atoms. The summed E-state index contributed by atoms with van der Waals surface area (Å²) in [6, 6.07) is 7.07. The first-order valence-corrected chi connectivity index (χ1v) is 7.58. The second-order valence-electron chi connectivity index (χ2n) is 4.47. The van der Waals surface area contributed by atoms with Gasteiger partial charge in [-0.05, 0) is 41.6 Å². The highest BCUT2D eigenvalue weighted by Gasteiger charge is 2.24. The molecule has 0 fully saturated rings. The molecular weight excluding hydrogens is 301 g/mol. The number of rotatable bonds is 1. The number of hydrogen-bond donors (Lipinski definition) is 0. The number of benzene rings is 1. The topological polar surface area (TPSA) is 20.3 Å². The van der Waals surface area contributed by atoms with E-state index >= 15 is 0 Å². The van der Waals surface area contributed by atoms with Gasteiger partial charge in [-0.15, -0.1) is 11.3 Å². The Labute approximate surface area is 125 Å². The van der Waals surface area contributed by atoms with Crippen LogP contribution in [0, 0.1) is 0 Å². The van der Waals surface area contributed by atoms with Gasteiger partial charge in [0.2, 0.25) is 0 Å². The lowest BCUT2D eigenvalue weighted by Crippen LogP contribution is -2.35. The molecule has 0 aliphatic carbocycles. The third-order valence-electron chi connectivity index (χ3n) is 3.25. The first-order valence-electron chi connectivity index (χ1n) is 5.95. The van der Waals surface area contributed by atoms with E-state index in [1.807, 2.05) is 4.90 Å². The standard InChI is InChI=1S/C14H11Cl2NOS/c15-10-1-2-12(16)11(7-10)14(18)17-5-3-13-9(8-17)4-6-19-13/h1-2,4,6-7H,3,5,8H2. The maximum Gasteiger partial charge on any atom is 0.255 e. The highest BCUT2D eigenvalue weighted by atomic mass is 35.5. The van der Waals surface area contributed by atoms with Crippen LogP contribution in [0.1, 0.15) is 20.8 Å². The minimum Gasteiger partial charge on any atom is -0.334 e. The molecule has 1 aliphatic heterocycles. The lowest BCUT2D eigenvalue weighted by Gasteiger charge is -2.27. The lowest BCUT2D eigenvalue weighted by atomic mass is 10.1. The number of carbonyl (C=O) groups excluding carboxylic acids is 1. The molecule has 0 N–H and O–H groups in total. The normalized spacial score (nSPS) is 14.3. The van der Waals surface area contributed by atoms with Gasteiger partial charge in [0.1, 0.15) is 0 Å². The fraction of sp³-hybridized carbons (Fsp3) is 0.214. The molecule has 1 aromatic carbocycles. The van der Waals surface area contributed by atoms with Gasteiger partial charge in [0.25, 0.3) is 5.91 Å². The van der Waals surface area contributed by atoms with Crippen LogP contribution in [0.4, 0.5) is 0 Å². The van der Waals surface area contributed by atoms with Crippen molar-refractivity contribution >= 4 is 40.4 Å². The predicted molar refractivity (Wildman–Crippen MR) is 79.2 cm³/mol. The monoisotopic (exact) mass is 311 g/mol. The molecule has 1 aromatic heterocycles. The Morgan fingerprint density at radius 3 is 2.95 bits per heavy atom. The summed E-state index contributed by atoms with van der Waals surface area (Å²) in [6.07, 6.45) is 0.914. The summed E-state index contributed by atoms with van der Waals surface area (Å²) >= 11 is 13.8. The maximum absolute atomic E-state index is 12.5. The molecule has 0 saturated heterocycles. The van der Waals surface area contributed by atoms with Crippen LogP contribution in [0.25, 0.3) is 0 Å². The minimum absolute atomic E-state index is 0.0515. The highest BCUT2D eigenvalue weighted by molar-refractivity contribution is 7.10. The van der Waals surface area contributed by atoms with Crippen molar-refractivity contribution in [3.05, 3.63) is 55.7 Å². The van der Waals surface area contributed by atoms with Crippen molar-refractivity contribution in [1.29, 1.82) is 0 Å². The van der Waals surface area contributed by atoms with Crippen LogP contribution in [0.2, 0.25) is 10.0 Å². The number of carbonyl (C=O) groups is 1. The Morgan fingerprint density at radius 2 is 2.11 bits per heavy atom. The van der Waals surface area contributed by atoms with Gasteiger partial charge in [0.05, 0.1) is 10.6 Å². The largest absolute Gasteiger partial charge is 0.334 e. The Morgan fingerprint density at radius 1 is 1.26 bits per heavy atom. The van der Waals surface area contributed by atoms with Crippen LogP contribution >= 0.6 is 34.5 Å². The Balaban J connectivity index is 1.87. The first-order chi connectivity index (χ1) is 9.15. The average Bonchev–Trinajstić information content (AvgIpc) is 2.88. The van der Waals surface area contributed by atoms with Crippen molar-refractivity contribution in [1.82, 2.24) is 4.90 Å². The molecule has 0 radical (unpaired) electrons. The van der Waals surface area contributed by atoms with Gasteiger partial charge < -0.3 is 4.90 Å². The van der Waals surface area contributed by atoms with Crippen LogP contribution in [0.5, 0.6) is 0 Å². The fourth-order valence-corrected chi connectivity index (χ4v) is 3.51. The molecule has 0 saturated carbocycles. The maximum atomic E-state index is 12.5. The Kier molecular flexibility index (Phi) is 3.52. The van der Waals surface area contributed by atoms with Gasteiger partial charge >= 0.3 is 0 Å². The van der Waals surface area contributed by atoms with E-state index < -0.39 is 0 Å². The molecule has 5 heteroatoms. The molecule has 0 spiro atoms. The zero-order valence-corrected chi connectivity index (χ0v) is 12.4. The van der Waals surface area contributed by atoms with E-state index in [1.54, 1.807) is 29.5 Å². The first kappa shape index (κ1) is 13.0. The summed E-state index contributed by atoms with van der Waals surface area (Å²) < 4.78 is 0. The number of nitrogens with zero attached hydrogens (tertiary/aromatic N) is 1. The summed E-state index contributed by atoms with van der Waals surface area (Å²) in [6.45, 7) is 1.38. The van der Waals surface area contributed by atoms with Crippen molar-refractivity contribution in [2.75, 3.05) is 6.54 Å². The van der Waals surface area contributed by atoms with E-state index in [9.17, 15) is 4.79 Å². The minimum atomic E-state index is -0.0515. The molecule has 1 amide bonds. The molecule has 0 atom stereocenters. The molecule has 2 aromatic rings. The van der Waals surface area contributed by atoms with Crippen LogP contribution in [-0.2, 0) is 13.0 Å². The van der Waals surface area contributed by atoms with Gasteiger partial charge in [-0.25, -0.2) is 0 Å². The highest BCUT2D eigenvalue weighted by Crippen LogP contribution is 2.27. The fourth-order valence-electron chi connectivity index (χ4n) is 2.25. The summed E-state index contributed by atoms with van der Waals surface area (Å²) in [5.74, 6) is -0.0515. The number of halogens is 2. The second kappa shape index (κ2) is 5.16. The summed E-state index contributed by atoms with van der Waals surface area (Å²) in [7, 11) is 0. The van der Waals surface area contributed by atoms with Crippen molar-refractivity contribution in [3.8, 4) is 0 Å². The molecule has 0 bridgehead atoms. The predicted octanol–water partition coefficient (Wildman–Crippen LogP) is 4.25. The summed E-state index contributed by atoms with van der Waals surface area (Å²) in [5, 5.41) is 3.05. The summed E-state index contributed by atoms with van der Waals surface area (Å²) in [5.41, 5.74) is 1.72. The molecule has 98 valence electrons. The lowest BCUT2D eigenvalue weighted by molar-refractivity contribution is 0.0736. The smallest absolute Gasteiger partial charge is 0.255 e. The molecule has 0 unspecified atom stereocenters. The van der Waals surface area contributed by atoms with Crippen molar-refractivity contribution in [2.24, 2.45) is 0 Å². The zero-order valence-electron chi connectivity index (χ0n) is 10.0. The van der Waals surface area contributed by atoms with Crippen LogP contribution in [0.3, 0.4) is 0 Å². The van der Waals surface area contributed by atoms with E-state index in [2.05, 4.69) is 11.4 Å². The van der Waals surface area contributed by atoms with Crippen LogP contribution in [0.15, 0.2) is 29.6 Å². The average molecular weight is 312 g/mol. The van der Waals surface area contributed by atoms with Gasteiger partial charge in [-0.2, -0.15) is 0 Å². The van der Waals surface area contributed by atoms with E-state index in [0.29, 0.717) is 22.2 Å². The number of amides is 1. The molecule has 1 aliphatic rings. The third-order valence-corrected chi connectivity index (χ3v) is 4.84. The zero-order chi connectivity index (χ0) is 13.4. The van der Waals surface area contributed by atoms with Crippen molar-refractivity contribution < 1.29 is 4.79 Å². The van der Waals surface area contributed by atoms with Gasteiger partial charge in [0, 0.05) is 23.0 Å². The van der Waals surface area contributed by atoms with E-state index in [4.69, 9.17) is 23.2 Å². The molecule has 3 rings (SSSR count). The van der Waals surface area contributed by atoms with E-state index in [-0.39, 0.29) is 5.91 Å². The number of thiophene rings is 1. The van der Waals surface area contributed by atoms with Crippen molar-refractivity contribution in [3.63, 3.8) is 0 Å². The SMILES string of the molecule is O=C(c1cc(Cl)ccc1Cl)N1CCc2sccc2C1. The van der Waals surface area contributed by atoms with Crippen LogP contribution in [-0.4, -0.2) is 17.4 Å². The number of fused-ring (bicyclic) bond motifs is 1. The Bertz CT molecular complexity index is 638. The molecule has 2 heterocycles. The quantitative estimate of drug-likeness (QED) is 0.771. The van der Waals surface area contributed by atoms with E-state index in [1.165, 1.54) is 10.4 Å². The van der Waals surface area contributed by atoms with Gasteiger partial charge in [-0.1, -0.05) is 23.2 Å². The van der Waals surface area contributed by atoms with Crippen LogP contribution < -0.4 is 0 Å².